The average molecular weight is 176 g/mol. The van der Waals surface area contributed by atoms with Gasteiger partial charge in [0.25, 0.3) is 0 Å². The molecule has 0 atom stereocenters. The fourth-order valence-electron chi connectivity index (χ4n) is 1.28. The molecule has 0 aliphatic rings. The van der Waals surface area contributed by atoms with Crippen LogP contribution in [0.1, 0.15) is 5.82 Å². The molecule has 0 radical (unpaired) electrons. The summed E-state index contributed by atoms with van der Waals surface area (Å²) in [5, 5.41) is 0. The highest BCUT2D eigenvalue weighted by Crippen LogP contribution is 1.96. The molecule has 4 nitrogen and oxygen atoms in total. The molecule has 4 heteroatoms. The highest BCUT2D eigenvalue weighted by molar-refractivity contribution is 4.88. The summed E-state index contributed by atoms with van der Waals surface area (Å²) in [6.07, 6.45) is 9.40. The second-order valence-electron chi connectivity index (χ2n) is 2.97. The van der Waals surface area contributed by atoms with Gasteiger partial charge in [-0.15, -0.1) is 0 Å². The lowest BCUT2D eigenvalue weighted by Gasteiger charge is -2.04. The molecule has 0 unspecified atom stereocenters. The van der Waals surface area contributed by atoms with Crippen LogP contribution in [0.2, 0.25) is 0 Å². The third-order valence-corrected chi connectivity index (χ3v) is 2.08. The van der Waals surface area contributed by atoms with Crippen molar-refractivity contribution in [3.8, 4) is 0 Å². The maximum atomic E-state index is 4.15. The first-order chi connectivity index (χ1) is 6.36. The van der Waals surface area contributed by atoms with Gasteiger partial charge in [0.2, 0.25) is 0 Å². The molecule has 0 saturated heterocycles. The molecule has 2 rings (SSSR count). The van der Waals surface area contributed by atoms with Gasteiger partial charge >= 0.3 is 0 Å². The zero-order chi connectivity index (χ0) is 9.10. The Hall–Kier alpha value is -1.58. The van der Waals surface area contributed by atoms with Crippen molar-refractivity contribution < 1.29 is 0 Å². The molecule has 0 aliphatic heterocycles. The summed E-state index contributed by atoms with van der Waals surface area (Å²) in [4.78, 5) is 8.14. The maximum Gasteiger partial charge on any atom is 0.105 e. The predicted molar refractivity (Wildman–Crippen MR) is 49.2 cm³/mol. The van der Waals surface area contributed by atoms with Crippen molar-refractivity contribution in [1.82, 2.24) is 19.1 Å². The van der Waals surface area contributed by atoms with E-state index in [0.717, 1.165) is 18.9 Å². The van der Waals surface area contributed by atoms with Crippen LogP contribution in [0.25, 0.3) is 0 Å². The molecule has 0 amide bonds. The Bertz CT molecular complexity index is 361. The van der Waals surface area contributed by atoms with Gasteiger partial charge in [-0.1, -0.05) is 0 Å². The van der Waals surface area contributed by atoms with Crippen LogP contribution in [0, 0.1) is 6.92 Å². The quantitative estimate of drug-likeness (QED) is 0.701. The second-order valence-corrected chi connectivity index (χ2v) is 2.97. The monoisotopic (exact) mass is 176 g/mol. The maximum absolute atomic E-state index is 4.15. The Labute approximate surface area is 76.9 Å². The van der Waals surface area contributed by atoms with Crippen LogP contribution in [-0.4, -0.2) is 19.1 Å². The summed E-state index contributed by atoms with van der Waals surface area (Å²) in [6.45, 7) is 3.90. The lowest BCUT2D eigenvalue weighted by atomic mass is 10.5. The Kier molecular flexibility index (Phi) is 2.12. The third kappa shape index (κ3) is 1.77. The fraction of sp³-hybridized carbons (Fsp3) is 0.333. The van der Waals surface area contributed by atoms with Crippen molar-refractivity contribution in [2.75, 3.05) is 0 Å². The SMILES string of the molecule is Cc1nccn1CCn1ccnc1. The molecule has 2 heterocycles. The van der Waals surface area contributed by atoms with E-state index in [-0.39, 0.29) is 0 Å². The molecule has 13 heavy (non-hydrogen) atoms. The Morgan fingerprint density at radius 1 is 1.23 bits per heavy atom. The molecule has 0 N–H and O–H groups in total. The number of hydrogen-bond acceptors (Lipinski definition) is 2. The smallest absolute Gasteiger partial charge is 0.105 e. The summed E-state index contributed by atoms with van der Waals surface area (Å²) in [7, 11) is 0. The largest absolute Gasteiger partial charge is 0.336 e. The van der Waals surface area contributed by atoms with Crippen LogP contribution >= 0.6 is 0 Å². The van der Waals surface area contributed by atoms with E-state index in [9.17, 15) is 0 Å². The number of nitrogens with zero attached hydrogens (tertiary/aromatic N) is 4. The average Bonchev–Trinajstić information content (AvgIpc) is 2.72. The summed E-state index contributed by atoms with van der Waals surface area (Å²) in [6, 6.07) is 0. The zero-order valence-corrected chi connectivity index (χ0v) is 7.59. The van der Waals surface area contributed by atoms with Gasteiger partial charge in [0.1, 0.15) is 5.82 Å². The molecule has 68 valence electrons. The van der Waals surface area contributed by atoms with Crippen LogP contribution in [0.4, 0.5) is 0 Å². The van der Waals surface area contributed by atoms with Gasteiger partial charge in [0.05, 0.1) is 6.33 Å². The van der Waals surface area contributed by atoms with Crippen molar-refractivity contribution in [2.45, 2.75) is 20.0 Å². The van der Waals surface area contributed by atoms with Crippen LogP contribution < -0.4 is 0 Å². The normalized spacial score (nSPS) is 10.5. The van der Waals surface area contributed by atoms with Gasteiger partial charge < -0.3 is 9.13 Å². The summed E-state index contributed by atoms with van der Waals surface area (Å²) < 4.78 is 4.18. The number of hydrogen-bond donors (Lipinski definition) is 0. The zero-order valence-electron chi connectivity index (χ0n) is 7.59. The summed E-state index contributed by atoms with van der Waals surface area (Å²) in [5.74, 6) is 1.06. The molecule has 0 bridgehead atoms. The highest BCUT2D eigenvalue weighted by Gasteiger charge is 1.95. The molecule has 0 saturated carbocycles. The molecule has 0 aromatic carbocycles. The van der Waals surface area contributed by atoms with E-state index in [1.165, 1.54) is 0 Å². The van der Waals surface area contributed by atoms with Crippen LogP contribution in [0.15, 0.2) is 31.1 Å². The van der Waals surface area contributed by atoms with E-state index >= 15 is 0 Å². The standard InChI is InChI=1S/C9H12N4/c1-9-11-3-5-13(9)7-6-12-4-2-10-8-12/h2-5,8H,6-7H2,1H3. The first-order valence-electron chi connectivity index (χ1n) is 4.30. The van der Waals surface area contributed by atoms with Gasteiger partial charge in [-0.25, -0.2) is 9.97 Å². The van der Waals surface area contributed by atoms with Crippen molar-refractivity contribution in [3.63, 3.8) is 0 Å². The molecule has 0 fully saturated rings. The van der Waals surface area contributed by atoms with E-state index in [1.54, 1.807) is 6.20 Å². The minimum absolute atomic E-state index is 0.942. The number of rotatable bonds is 3. The summed E-state index contributed by atoms with van der Waals surface area (Å²) >= 11 is 0. The van der Waals surface area contributed by atoms with Crippen molar-refractivity contribution in [2.24, 2.45) is 0 Å². The third-order valence-electron chi connectivity index (χ3n) is 2.08. The molecule has 2 aromatic rings. The van der Waals surface area contributed by atoms with E-state index in [4.69, 9.17) is 0 Å². The molecular formula is C9H12N4. The number of aromatic nitrogens is 4. The van der Waals surface area contributed by atoms with Gasteiger partial charge in [-0.2, -0.15) is 0 Å². The highest BCUT2D eigenvalue weighted by atomic mass is 15.1. The second kappa shape index (κ2) is 3.43. The van der Waals surface area contributed by atoms with Crippen LogP contribution in [-0.2, 0) is 13.1 Å². The lowest BCUT2D eigenvalue weighted by molar-refractivity contribution is 0.567. The van der Waals surface area contributed by atoms with E-state index in [1.807, 2.05) is 31.8 Å². The Morgan fingerprint density at radius 2 is 2.15 bits per heavy atom. The number of imidazole rings is 2. The number of aryl methyl sites for hydroxylation is 3. The van der Waals surface area contributed by atoms with Gasteiger partial charge in [0.15, 0.2) is 0 Å². The van der Waals surface area contributed by atoms with E-state index in [2.05, 4.69) is 19.1 Å². The predicted octanol–water partition coefficient (Wildman–Crippen LogP) is 1.09. The van der Waals surface area contributed by atoms with Crippen molar-refractivity contribution in [3.05, 3.63) is 36.9 Å². The van der Waals surface area contributed by atoms with E-state index in [0.29, 0.717) is 0 Å². The lowest BCUT2D eigenvalue weighted by Crippen LogP contribution is -2.06. The Morgan fingerprint density at radius 3 is 2.77 bits per heavy atom. The topological polar surface area (TPSA) is 35.6 Å². The van der Waals surface area contributed by atoms with E-state index < -0.39 is 0 Å². The first kappa shape index (κ1) is 8.04. The van der Waals surface area contributed by atoms with Crippen LogP contribution in [0.3, 0.4) is 0 Å². The minimum Gasteiger partial charge on any atom is -0.336 e. The minimum atomic E-state index is 0.942. The molecule has 0 aliphatic carbocycles. The molecule has 0 spiro atoms. The Balaban J connectivity index is 1.97. The van der Waals surface area contributed by atoms with Gasteiger partial charge in [-0.3, -0.25) is 0 Å². The summed E-state index contributed by atoms with van der Waals surface area (Å²) in [5.41, 5.74) is 0. The molecular weight excluding hydrogens is 164 g/mol. The van der Waals surface area contributed by atoms with Crippen molar-refractivity contribution in [1.29, 1.82) is 0 Å². The molecule has 2 aromatic heterocycles. The van der Waals surface area contributed by atoms with Crippen LogP contribution in [0.5, 0.6) is 0 Å². The van der Waals surface area contributed by atoms with Gasteiger partial charge in [-0.05, 0) is 6.92 Å². The first-order valence-corrected chi connectivity index (χ1v) is 4.30. The van der Waals surface area contributed by atoms with Gasteiger partial charge in [0, 0.05) is 37.9 Å². The fourth-order valence-corrected chi connectivity index (χ4v) is 1.28. The van der Waals surface area contributed by atoms with Crippen molar-refractivity contribution >= 4 is 0 Å².